The van der Waals surface area contributed by atoms with Crippen molar-refractivity contribution in [3.63, 3.8) is 0 Å². The lowest BCUT2D eigenvalue weighted by Gasteiger charge is -2.33. The van der Waals surface area contributed by atoms with E-state index in [1.54, 1.807) is 13.8 Å². The van der Waals surface area contributed by atoms with E-state index in [9.17, 15) is 14.7 Å². The number of aromatic hydroxyl groups is 1. The largest absolute Gasteiger partial charge is 0.507 e. The van der Waals surface area contributed by atoms with E-state index in [0.717, 1.165) is 23.1 Å². The summed E-state index contributed by atoms with van der Waals surface area (Å²) in [5.41, 5.74) is 2.65. The van der Waals surface area contributed by atoms with Gasteiger partial charge in [0.05, 0.1) is 17.7 Å². The molecule has 0 bridgehead atoms. The molecule has 0 saturated carbocycles. The van der Waals surface area contributed by atoms with Crippen LogP contribution in [0.15, 0.2) is 23.4 Å². The highest BCUT2D eigenvalue weighted by Gasteiger charge is 2.36. The number of allylic oxidation sites excluding steroid dienone is 1. The molecule has 6 heteroatoms. The van der Waals surface area contributed by atoms with Crippen LogP contribution in [0.1, 0.15) is 97.9 Å². The van der Waals surface area contributed by atoms with Gasteiger partial charge in [0.25, 0.3) is 0 Å². The van der Waals surface area contributed by atoms with Gasteiger partial charge in [-0.3, -0.25) is 0 Å². The summed E-state index contributed by atoms with van der Waals surface area (Å²) in [5, 5.41) is 16.8. The van der Waals surface area contributed by atoms with Gasteiger partial charge in [0.15, 0.2) is 0 Å². The Labute approximate surface area is 186 Å². The molecular weight excluding hydrogens is 392 g/mol. The first-order valence-electron chi connectivity index (χ1n) is 11.1. The lowest BCUT2D eigenvalue weighted by atomic mass is 9.77. The molecule has 1 aliphatic heterocycles. The van der Waals surface area contributed by atoms with E-state index in [1.165, 1.54) is 0 Å². The summed E-state index contributed by atoms with van der Waals surface area (Å²) in [6.07, 6.45) is 1.05. The first-order valence-corrected chi connectivity index (χ1v) is 11.1. The summed E-state index contributed by atoms with van der Waals surface area (Å²) < 4.78 is 5.53. The zero-order valence-electron chi connectivity index (χ0n) is 20.4. The molecule has 1 aromatic rings. The second kappa shape index (κ2) is 8.93. The number of hydrogen-bond donors (Lipinski definition) is 3. The summed E-state index contributed by atoms with van der Waals surface area (Å²) in [7, 11) is 0. The number of benzene rings is 1. The van der Waals surface area contributed by atoms with Gasteiger partial charge in [-0.15, -0.1) is 0 Å². The number of amides is 2. The van der Waals surface area contributed by atoms with Crippen LogP contribution in [0.5, 0.6) is 5.75 Å². The molecule has 1 unspecified atom stereocenters. The minimum atomic E-state index is -0.663. The van der Waals surface area contributed by atoms with Gasteiger partial charge in [0.1, 0.15) is 5.75 Å². The van der Waals surface area contributed by atoms with Crippen LogP contribution in [-0.4, -0.2) is 23.2 Å². The van der Waals surface area contributed by atoms with Crippen LogP contribution in [0.3, 0.4) is 0 Å². The van der Waals surface area contributed by atoms with Gasteiger partial charge in [-0.05, 0) is 59.9 Å². The number of nitrogens with one attached hydrogen (secondary N) is 2. The maximum absolute atomic E-state index is 13.1. The summed E-state index contributed by atoms with van der Waals surface area (Å²) in [4.78, 5) is 25.6. The first kappa shape index (κ1) is 24.8. The molecule has 1 atom stereocenters. The van der Waals surface area contributed by atoms with Gasteiger partial charge < -0.3 is 20.5 Å². The van der Waals surface area contributed by atoms with Crippen molar-refractivity contribution in [3.05, 3.63) is 40.1 Å². The SMILES string of the molecule is CCCC1=C(C(=O)OC(C)C)C(c2cc(C(C)(C)C)c(O)c(C(C)(C)C)c2)NC(=O)N1. The number of urea groups is 1. The molecule has 0 fully saturated rings. The molecule has 1 aliphatic rings. The Morgan fingerprint density at radius 3 is 2.03 bits per heavy atom. The monoisotopic (exact) mass is 430 g/mol. The van der Waals surface area contributed by atoms with Crippen molar-refractivity contribution < 1.29 is 19.4 Å². The van der Waals surface area contributed by atoms with E-state index in [0.29, 0.717) is 17.7 Å². The lowest BCUT2D eigenvalue weighted by molar-refractivity contribution is -0.143. The molecule has 172 valence electrons. The second-order valence-electron chi connectivity index (χ2n) is 10.6. The standard InChI is InChI=1S/C25H38N2O4/c1-10-11-18-19(22(29)31-14(2)3)20(27-23(30)26-18)15-12-16(24(4,5)6)21(28)17(13-15)25(7,8)9/h12-14,20,28H,10-11H2,1-9H3,(H2,26,27,30). The number of carbonyl (C=O) groups is 2. The van der Waals surface area contributed by atoms with E-state index < -0.39 is 12.0 Å². The third-order valence-electron chi connectivity index (χ3n) is 5.30. The minimum Gasteiger partial charge on any atom is -0.507 e. The van der Waals surface area contributed by atoms with Gasteiger partial charge >= 0.3 is 12.0 Å². The van der Waals surface area contributed by atoms with Crippen molar-refractivity contribution in [2.45, 2.75) is 98.1 Å². The Hall–Kier alpha value is -2.50. The van der Waals surface area contributed by atoms with Crippen molar-refractivity contribution in [1.29, 1.82) is 0 Å². The van der Waals surface area contributed by atoms with E-state index in [2.05, 4.69) is 10.6 Å². The first-order chi connectivity index (χ1) is 14.2. The van der Waals surface area contributed by atoms with Crippen LogP contribution in [0.4, 0.5) is 4.79 Å². The van der Waals surface area contributed by atoms with Crippen molar-refractivity contribution in [1.82, 2.24) is 10.6 Å². The Kier molecular flexibility index (Phi) is 7.14. The number of hydrogen-bond acceptors (Lipinski definition) is 4. The third kappa shape index (κ3) is 5.60. The predicted octanol–water partition coefficient (Wildman–Crippen LogP) is 5.35. The highest BCUT2D eigenvalue weighted by molar-refractivity contribution is 5.95. The maximum Gasteiger partial charge on any atom is 0.338 e. The Morgan fingerprint density at radius 2 is 1.61 bits per heavy atom. The average Bonchev–Trinajstić information content (AvgIpc) is 2.58. The molecule has 1 heterocycles. The van der Waals surface area contributed by atoms with Crippen molar-refractivity contribution in [3.8, 4) is 5.75 Å². The van der Waals surface area contributed by atoms with E-state index in [4.69, 9.17) is 4.74 Å². The fourth-order valence-electron chi connectivity index (χ4n) is 3.80. The van der Waals surface area contributed by atoms with Gasteiger partial charge in [0, 0.05) is 5.70 Å². The topological polar surface area (TPSA) is 87.7 Å². The molecule has 0 saturated heterocycles. The Morgan fingerprint density at radius 1 is 1.10 bits per heavy atom. The summed E-state index contributed by atoms with van der Waals surface area (Å²) in [6, 6.07) is 2.78. The molecule has 0 spiro atoms. The van der Waals surface area contributed by atoms with Crippen molar-refractivity contribution in [2.24, 2.45) is 0 Å². The van der Waals surface area contributed by atoms with Gasteiger partial charge in [0.2, 0.25) is 0 Å². The zero-order valence-corrected chi connectivity index (χ0v) is 20.4. The molecule has 2 rings (SSSR count). The number of phenolic OH excluding ortho intramolecular Hbond substituents is 1. The molecule has 31 heavy (non-hydrogen) atoms. The van der Waals surface area contributed by atoms with Crippen LogP contribution in [0, 0.1) is 0 Å². The summed E-state index contributed by atoms with van der Waals surface area (Å²) >= 11 is 0. The van der Waals surface area contributed by atoms with Gasteiger partial charge in [-0.25, -0.2) is 9.59 Å². The predicted molar refractivity (Wildman–Crippen MR) is 123 cm³/mol. The average molecular weight is 431 g/mol. The fraction of sp³-hybridized carbons (Fsp3) is 0.600. The molecule has 0 aromatic heterocycles. The number of esters is 1. The van der Waals surface area contributed by atoms with Crippen LogP contribution >= 0.6 is 0 Å². The van der Waals surface area contributed by atoms with Crippen LogP contribution < -0.4 is 10.6 Å². The normalized spacial score (nSPS) is 17.5. The number of rotatable bonds is 5. The maximum atomic E-state index is 13.1. The summed E-state index contributed by atoms with van der Waals surface area (Å²) in [5.74, 6) is -0.188. The van der Waals surface area contributed by atoms with E-state index >= 15 is 0 Å². The molecule has 3 N–H and O–H groups in total. The lowest BCUT2D eigenvalue weighted by Crippen LogP contribution is -2.46. The zero-order chi connectivity index (χ0) is 23.7. The summed E-state index contributed by atoms with van der Waals surface area (Å²) in [6.45, 7) is 17.8. The highest BCUT2D eigenvalue weighted by atomic mass is 16.5. The third-order valence-corrected chi connectivity index (χ3v) is 5.30. The Bertz CT molecular complexity index is 851. The van der Waals surface area contributed by atoms with Crippen molar-refractivity contribution >= 4 is 12.0 Å². The highest BCUT2D eigenvalue weighted by Crippen LogP contribution is 2.42. The molecule has 0 radical (unpaired) electrons. The minimum absolute atomic E-state index is 0.257. The smallest absolute Gasteiger partial charge is 0.338 e. The second-order valence-corrected chi connectivity index (χ2v) is 10.6. The van der Waals surface area contributed by atoms with Crippen LogP contribution in [0.25, 0.3) is 0 Å². The van der Waals surface area contributed by atoms with Crippen LogP contribution in [0.2, 0.25) is 0 Å². The van der Waals surface area contributed by atoms with E-state index in [-0.39, 0.29) is 28.7 Å². The fourth-order valence-corrected chi connectivity index (χ4v) is 3.80. The van der Waals surface area contributed by atoms with Crippen molar-refractivity contribution in [2.75, 3.05) is 0 Å². The molecule has 0 aliphatic carbocycles. The van der Waals surface area contributed by atoms with E-state index in [1.807, 2.05) is 60.6 Å². The van der Waals surface area contributed by atoms with Gasteiger partial charge in [-0.2, -0.15) is 0 Å². The quantitative estimate of drug-likeness (QED) is 0.550. The van der Waals surface area contributed by atoms with Crippen LogP contribution in [-0.2, 0) is 20.4 Å². The molecular formula is C25H38N2O4. The Balaban J connectivity index is 2.79. The molecule has 6 nitrogen and oxygen atoms in total. The molecule has 2 amide bonds. The number of carbonyl (C=O) groups excluding carboxylic acids is 2. The number of phenols is 1. The van der Waals surface area contributed by atoms with Gasteiger partial charge in [-0.1, -0.05) is 54.9 Å². The number of ether oxygens (including phenoxy) is 1. The molecule has 1 aromatic carbocycles.